The Labute approximate surface area is 186 Å². The predicted octanol–water partition coefficient (Wildman–Crippen LogP) is 5.25. The molecule has 31 heavy (non-hydrogen) atoms. The normalized spacial score (nSPS) is 32.4. The van der Waals surface area contributed by atoms with Gasteiger partial charge in [0.2, 0.25) is 0 Å². The number of aromatic amines is 1. The second kappa shape index (κ2) is 8.09. The number of carbonyl (C=O) groups excluding carboxylic acids is 1. The molecule has 2 aromatic rings. The molecule has 0 aliphatic heterocycles. The molecule has 1 aromatic heterocycles. The Morgan fingerprint density at radius 3 is 2.71 bits per heavy atom. The van der Waals surface area contributed by atoms with Crippen LogP contribution in [0.15, 0.2) is 30.7 Å². The highest BCUT2D eigenvalue weighted by atomic mass is 16.3. The fourth-order valence-corrected chi connectivity index (χ4v) is 6.94. The molecule has 1 heterocycles. The number of hydrogen-bond acceptors (Lipinski definition) is 4. The number of imidazole rings is 1. The maximum Gasteiger partial charge on any atom is 0.166 e. The van der Waals surface area contributed by atoms with E-state index < -0.39 is 0 Å². The fourth-order valence-electron chi connectivity index (χ4n) is 6.94. The Bertz CT molecular complexity index is 916. The van der Waals surface area contributed by atoms with Crippen molar-refractivity contribution in [3.05, 3.63) is 47.5 Å². The van der Waals surface area contributed by atoms with E-state index in [-0.39, 0.29) is 40.2 Å². The van der Waals surface area contributed by atoms with E-state index in [4.69, 9.17) is 0 Å². The van der Waals surface area contributed by atoms with E-state index in [1.807, 2.05) is 19.2 Å². The molecule has 168 valence electrons. The number of nitrogens with zero attached hydrogens (tertiary/aromatic N) is 1. The third-order valence-corrected chi connectivity index (χ3v) is 8.38. The van der Waals surface area contributed by atoms with E-state index in [1.165, 1.54) is 12.8 Å². The molecular formula is C26H37N3O2. The van der Waals surface area contributed by atoms with E-state index in [9.17, 15) is 9.90 Å². The van der Waals surface area contributed by atoms with Gasteiger partial charge in [0, 0.05) is 36.0 Å². The van der Waals surface area contributed by atoms with Crippen molar-refractivity contribution < 1.29 is 9.90 Å². The zero-order valence-corrected chi connectivity index (χ0v) is 19.5. The summed E-state index contributed by atoms with van der Waals surface area (Å²) in [5.74, 6) is 0.951. The summed E-state index contributed by atoms with van der Waals surface area (Å²) in [5.41, 5.74) is 2.80. The Kier molecular flexibility index (Phi) is 5.76. The zero-order chi connectivity index (χ0) is 22.4. The predicted molar refractivity (Wildman–Crippen MR) is 123 cm³/mol. The number of H-pyrrole nitrogens is 1. The van der Waals surface area contributed by atoms with Crippen LogP contribution in [-0.4, -0.2) is 26.9 Å². The van der Waals surface area contributed by atoms with Crippen LogP contribution >= 0.6 is 0 Å². The number of ketones is 1. The topological polar surface area (TPSA) is 78.0 Å². The monoisotopic (exact) mass is 423 g/mol. The second-order valence-corrected chi connectivity index (χ2v) is 11.0. The van der Waals surface area contributed by atoms with Crippen molar-refractivity contribution in [1.29, 1.82) is 0 Å². The van der Waals surface area contributed by atoms with Gasteiger partial charge in [-0.05, 0) is 72.6 Å². The number of rotatable bonds is 5. The molecule has 5 atom stereocenters. The van der Waals surface area contributed by atoms with Crippen LogP contribution < -0.4 is 5.32 Å². The van der Waals surface area contributed by atoms with Crippen LogP contribution in [0.25, 0.3) is 0 Å². The number of phenols is 1. The minimum absolute atomic E-state index is 0.0379. The van der Waals surface area contributed by atoms with Gasteiger partial charge in [-0.25, -0.2) is 4.98 Å². The van der Waals surface area contributed by atoms with Gasteiger partial charge in [0.15, 0.2) is 5.78 Å². The Hall–Kier alpha value is -2.14. The summed E-state index contributed by atoms with van der Waals surface area (Å²) >= 11 is 0. The molecule has 3 N–H and O–H groups in total. The van der Waals surface area contributed by atoms with Crippen molar-refractivity contribution in [3.8, 4) is 5.75 Å². The molecule has 2 saturated carbocycles. The average molecular weight is 424 g/mol. The van der Waals surface area contributed by atoms with Gasteiger partial charge in [0.1, 0.15) is 5.75 Å². The smallest absolute Gasteiger partial charge is 0.166 e. The molecule has 2 aliphatic carbocycles. The van der Waals surface area contributed by atoms with Crippen molar-refractivity contribution >= 4 is 5.78 Å². The Morgan fingerprint density at radius 2 is 2.03 bits per heavy atom. The van der Waals surface area contributed by atoms with Gasteiger partial charge in [-0.15, -0.1) is 0 Å². The van der Waals surface area contributed by atoms with Crippen molar-refractivity contribution in [2.24, 2.45) is 28.6 Å². The SMILES string of the molecule is Cc1cc(O)cc(C(=O)[C@H]2[C@H](C)[C@H](NCc3cnc[nH]3)C[C@H]3C(C)(C)CCC[C@@]23C)c1. The van der Waals surface area contributed by atoms with Crippen LogP contribution in [0.1, 0.15) is 75.0 Å². The molecule has 2 fully saturated rings. The van der Waals surface area contributed by atoms with Gasteiger partial charge in [-0.3, -0.25) is 4.79 Å². The largest absolute Gasteiger partial charge is 0.508 e. The number of benzene rings is 1. The zero-order valence-electron chi connectivity index (χ0n) is 19.5. The third kappa shape index (κ3) is 4.05. The Balaban J connectivity index is 1.70. The lowest BCUT2D eigenvalue weighted by Crippen LogP contribution is -2.60. The van der Waals surface area contributed by atoms with Gasteiger partial charge in [0.25, 0.3) is 0 Å². The lowest BCUT2D eigenvalue weighted by atomic mass is 9.45. The van der Waals surface area contributed by atoms with E-state index in [0.717, 1.165) is 30.6 Å². The molecule has 4 rings (SSSR count). The summed E-state index contributed by atoms with van der Waals surface area (Å²) in [6, 6.07) is 5.55. The van der Waals surface area contributed by atoms with Crippen LogP contribution in [0.4, 0.5) is 0 Å². The minimum Gasteiger partial charge on any atom is -0.508 e. The Morgan fingerprint density at radius 1 is 1.26 bits per heavy atom. The molecule has 2 aliphatic rings. The maximum atomic E-state index is 14.0. The van der Waals surface area contributed by atoms with Crippen LogP contribution in [0.3, 0.4) is 0 Å². The number of phenolic OH excluding ortho intramolecular Hbond substituents is 1. The van der Waals surface area contributed by atoms with E-state index in [2.05, 4.69) is 43.0 Å². The van der Waals surface area contributed by atoms with Gasteiger partial charge in [-0.1, -0.05) is 34.1 Å². The highest BCUT2D eigenvalue weighted by Gasteiger charge is 2.58. The number of fused-ring (bicyclic) bond motifs is 1. The van der Waals surface area contributed by atoms with Crippen LogP contribution in [0.2, 0.25) is 0 Å². The summed E-state index contributed by atoms with van der Waals surface area (Å²) in [7, 11) is 0. The van der Waals surface area contributed by atoms with Crippen molar-refractivity contribution in [2.75, 3.05) is 0 Å². The number of aromatic nitrogens is 2. The molecule has 0 saturated heterocycles. The first-order valence-electron chi connectivity index (χ1n) is 11.7. The molecule has 0 unspecified atom stereocenters. The van der Waals surface area contributed by atoms with Gasteiger partial charge in [-0.2, -0.15) is 0 Å². The van der Waals surface area contributed by atoms with E-state index in [0.29, 0.717) is 11.5 Å². The second-order valence-electron chi connectivity index (χ2n) is 11.0. The average Bonchev–Trinajstić information content (AvgIpc) is 3.19. The maximum absolute atomic E-state index is 14.0. The molecule has 5 heteroatoms. The van der Waals surface area contributed by atoms with Gasteiger partial charge < -0.3 is 15.4 Å². The number of carbonyl (C=O) groups is 1. The minimum atomic E-state index is -0.0775. The van der Waals surface area contributed by atoms with E-state index >= 15 is 0 Å². The lowest BCUT2D eigenvalue weighted by molar-refractivity contribution is -0.0917. The van der Waals surface area contributed by atoms with Crippen molar-refractivity contribution in [3.63, 3.8) is 0 Å². The first-order valence-corrected chi connectivity index (χ1v) is 11.7. The van der Waals surface area contributed by atoms with Crippen molar-refractivity contribution in [2.45, 2.75) is 72.9 Å². The number of aryl methyl sites for hydroxylation is 1. The van der Waals surface area contributed by atoms with Crippen LogP contribution in [0.5, 0.6) is 5.75 Å². The van der Waals surface area contributed by atoms with Crippen LogP contribution in [-0.2, 0) is 6.54 Å². The summed E-state index contributed by atoms with van der Waals surface area (Å²) in [6.45, 7) is 12.0. The van der Waals surface area contributed by atoms with E-state index in [1.54, 1.807) is 18.5 Å². The van der Waals surface area contributed by atoms with Gasteiger partial charge in [0.05, 0.1) is 6.33 Å². The van der Waals surface area contributed by atoms with Gasteiger partial charge >= 0.3 is 0 Å². The molecule has 0 amide bonds. The number of nitrogens with one attached hydrogen (secondary N) is 2. The highest BCUT2D eigenvalue weighted by molar-refractivity contribution is 5.99. The molecule has 0 radical (unpaired) electrons. The summed E-state index contributed by atoms with van der Waals surface area (Å²) in [4.78, 5) is 21.3. The molecule has 0 bridgehead atoms. The standard InChI is InChI=1S/C26H37N3O2/c1-16-9-18(11-20(30)10-16)24(31)23-17(2)21(28-14-19-13-27-15-29-19)12-22-25(3,4)7-6-8-26(22,23)5/h9-11,13,15,17,21-23,28,30H,6-8,12,14H2,1-5H3,(H,27,29)/t17-,21-,22+,23-,26-/m1/s1. The first-order chi connectivity index (χ1) is 14.6. The summed E-state index contributed by atoms with van der Waals surface area (Å²) < 4.78 is 0. The lowest BCUT2D eigenvalue weighted by Gasteiger charge is -2.60. The van der Waals surface area contributed by atoms with Crippen LogP contribution in [0, 0.1) is 35.5 Å². The number of aromatic hydroxyl groups is 1. The molecule has 5 nitrogen and oxygen atoms in total. The fraction of sp³-hybridized carbons (Fsp3) is 0.615. The quantitative estimate of drug-likeness (QED) is 0.574. The number of Topliss-reactive ketones (excluding diaryl/α,β-unsaturated/α-hetero) is 1. The summed E-state index contributed by atoms with van der Waals surface area (Å²) in [6.07, 6.45) is 8.11. The molecule has 0 spiro atoms. The first kappa shape index (κ1) is 22.1. The third-order valence-electron chi connectivity index (χ3n) is 8.38. The van der Waals surface area contributed by atoms with Crippen molar-refractivity contribution in [1.82, 2.24) is 15.3 Å². The molecular weight excluding hydrogens is 386 g/mol. The number of hydrogen-bond donors (Lipinski definition) is 3. The summed E-state index contributed by atoms with van der Waals surface area (Å²) in [5, 5.41) is 13.9. The molecule has 1 aromatic carbocycles. The highest BCUT2D eigenvalue weighted by Crippen LogP contribution is 2.61.